The van der Waals surface area contributed by atoms with E-state index >= 15 is 0 Å². The number of aryl methyl sites for hydroxylation is 2. The quantitative estimate of drug-likeness (QED) is 0.526. The molecule has 0 saturated heterocycles. The number of fused-ring (bicyclic) bond motifs is 1. The van der Waals surface area contributed by atoms with Gasteiger partial charge in [-0.15, -0.1) is 0 Å². The number of pyridine rings is 2. The summed E-state index contributed by atoms with van der Waals surface area (Å²) in [5.41, 5.74) is 7.48. The van der Waals surface area contributed by atoms with Crippen molar-refractivity contribution in [2.24, 2.45) is 0 Å². The maximum Gasteiger partial charge on any atom is 0.135 e. The fourth-order valence-corrected chi connectivity index (χ4v) is 3.84. The van der Waals surface area contributed by atoms with Gasteiger partial charge in [-0.25, -0.2) is 9.97 Å². The van der Waals surface area contributed by atoms with Crippen LogP contribution in [0.4, 0.5) is 5.82 Å². The van der Waals surface area contributed by atoms with Crippen LogP contribution in [0.5, 0.6) is 0 Å². The van der Waals surface area contributed by atoms with Crippen molar-refractivity contribution in [3.8, 4) is 11.3 Å². The number of aromatic nitrogens is 3. The molecule has 6 nitrogen and oxygen atoms in total. The molecule has 3 heterocycles. The molecule has 2 N–H and O–H groups in total. The number of aliphatic hydroxyl groups is 1. The highest BCUT2D eigenvalue weighted by molar-refractivity contribution is 5.86. The van der Waals surface area contributed by atoms with Gasteiger partial charge in [-0.3, -0.25) is 0 Å². The molecule has 168 valence electrons. The first-order valence-corrected chi connectivity index (χ1v) is 11.3. The molecule has 0 fully saturated rings. The SMILES string of the molecule is CCc1cc2c(nc1-c1ccc(C(C)C)nc1NCCN(C)C)c(C)cn2[C@@H](C)CO. The maximum absolute atomic E-state index is 9.68. The number of anilines is 1. The zero-order valence-electron chi connectivity index (χ0n) is 20.0. The Balaban J connectivity index is 2.16. The van der Waals surface area contributed by atoms with Crippen LogP contribution in [0.25, 0.3) is 22.3 Å². The van der Waals surface area contributed by atoms with Gasteiger partial charge in [0.1, 0.15) is 5.82 Å². The molecular formula is C25H37N5O. The van der Waals surface area contributed by atoms with Crippen LogP contribution < -0.4 is 5.32 Å². The summed E-state index contributed by atoms with van der Waals surface area (Å²) < 4.78 is 2.14. The molecule has 31 heavy (non-hydrogen) atoms. The molecule has 0 spiro atoms. The van der Waals surface area contributed by atoms with E-state index < -0.39 is 0 Å². The largest absolute Gasteiger partial charge is 0.394 e. The van der Waals surface area contributed by atoms with E-state index in [0.29, 0.717) is 5.92 Å². The minimum Gasteiger partial charge on any atom is -0.394 e. The van der Waals surface area contributed by atoms with Crippen LogP contribution in [0, 0.1) is 6.92 Å². The van der Waals surface area contributed by atoms with Gasteiger partial charge in [0.15, 0.2) is 0 Å². The summed E-state index contributed by atoms with van der Waals surface area (Å²) in [7, 11) is 4.15. The predicted octanol–water partition coefficient (Wildman–Crippen LogP) is 4.62. The molecular weight excluding hydrogens is 386 g/mol. The Labute approximate surface area is 186 Å². The van der Waals surface area contributed by atoms with Crippen molar-refractivity contribution in [1.82, 2.24) is 19.4 Å². The third-order valence-corrected chi connectivity index (χ3v) is 5.80. The second kappa shape index (κ2) is 9.79. The fraction of sp³-hybridized carbons (Fsp3) is 0.520. The van der Waals surface area contributed by atoms with E-state index in [1.165, 1.54) is 5.56 Å². The molecule has 3 rings (SSSR count). The minimum absolute atomic E-state index is 0.0174. The molecule has 1 atom stereocenters. The van der Waals surface area contributed by atoms with Gasteiger partial charge in [-0.05, 0) is 69.6 Å². The molecule has 0 amide bonds. The van der Waals surface area contributed by atoms with E-state index in [1.54, 1.807) is 0 Å². The Hall–Kier alpha value is -2.44. The van der Waals surface area contributed by atoms with Gasteiger partial charge in [-0.2, -0.15) is 0 Å². The van der Waals surface area contributed by atoms with Crippen molar-refractivity contribution >= 4 is 16.9 Å². The predicted molar refractivity (Wildman–Crippen MR) is 130 cm³/mol. The van der Waals surface area contributed by atoms with E-state index in [2.05, 4.69) is 81.0 Å². The maximum atomic E-state index is 9.68. The molecule has 0 aliphatic carbocycles. The molecule has 0 saturated carbocycles. The monoisotopic (exact) mass is 423 g/mol. The highest BCUT2D eigenvalue weighted by Gasteiger charge is 2.19. The lowest BCUT2D eigenvalue weighted by Crippen LogP contribution is -2.21. The number of aliphatic hydroxyl groups excluding tert-OH is 1. The van der Waals surface area contributed by atoms with Gasteiger partial charge in [0.25, 0.3) is 0 Å². The van der Waals surface area contributed by atoms with Crippen molar-refractivity contribution in [3.05, 3.63) is 41.2 Å². The summed E-state index contributed by atoms with van der Waals surface area (Å²) in [6.45, 7) is 12.5. The van der Waals surface area contributed by atoms with Crippen molar-refractivity contribution in [3.63, 3.8) is 0 Å². The average Bonchev–Trinajstić information content (AvgIpc) is 3.07. The summed E-state index contributed by atoms with van der Waals surface area (Å²) in [6.07, 6.45) is 2.97. The Kier molecular flexibility index (Phi) is 7.34. The van der Waals surface area contributed by atoms with E-state index in [4.69, 9.17) is 9.97 Å². The highest BCUT2D eigenvalue weighted by atomic mass is 16.3. The molecule has 6 heteroatoms. The number of rotatable bonds is 9. The summed E-state index contributed by atoms with van der Waals surface area (Å²) in [6, 6.07) is 6.53. The third-order valence-electron chi connectivity index (χ3n) is 5.80. The van der Waals surface area contributed by atoms with Crippen molar-refractivity contribution in [2.75, 3.05) is 39.1 Å². The molecule has 0 radical (unpaired) electrons. The van der Waals surface area contributed by atoms with Crippen LogP contribution in [0.2, 0.25) is 0 Å². The summed E-state index contributed by atoms with van der Waals surface area (Å²) in [5.74, 6) is 1.26. The number of nitrogens with one attached hydrogen (secondary N) is 1. The second-order valence-corrected chi connectivity index (χ2v) is 8.99. The summed E-state index contributed by atoms with van der Waals surface area (Å²) in [5, 5.41) is 13.2. The van der Waals surface area contributed by atoms with Crippen LogP contribution in [0.15, 0.2) is 24.4 Å². The van der Waals surface area contributed by atoms with Gasteiger partial charge < -0.3 is 19.9 Å². The van der Waals surface area contributed by atoms with Crippen LogP contribution >= 0.6 is 0 Å². The molecule has 0 aliphatic rings. The van der Waals surface area contributed by atoms with Crippen LogP contribution in [-0.4, -0.2) is 58.3 Å². The van der Waals surface area contributed by atoms with Gasteiger partial charge in [0.2, 0.25) is 0 Å². The number of hydrogen-bond donors (Lipinski definition) is 2. The molecule has 0 aliphatic heterocycles. The zero-order valence-corrected chi connectivity index (χ0v) is 20.0. The van der Waals surface area contributed by atoms with E-state index in [0.717, 1.165) is 58.9 Å². The molecule has 3 aromatic rings. The molecule has 3 aromatic heterocycles. The number of hydrogen-bond acceptors (Lipinski definition) is 5. The lowest BCUT2D eigenvalue weighted by Gasteiger charge is -2.18. The second-order valence-electron chi connectivity index (χ2n) is 8.99. The summed E-state index contributed by atoms with van der Waals surface area (Å²) >= 11 is 0. The van der Waals surface area contributed by atoms with Crippen molar-refractivity contribution in [2.45, 2.75) is 53.0 Å². The van der Waals surface area contributed by atoms with Gasteiger partial charge in [-0.1, -0.05) is 20.8 Å². The molecule has 0 bridgehead atoms. The lowest BCUT2D eigenvalue weighted by atomic mass is 10.0. The number of nitrogens with zero attached hydrogens (tertiary/aromatic N) is 4. The summed E-state index contributed by atoms with van der Waals surface area (Å²) in [4.78, 5) is 12.3. The van der Waals surface area contributed by atoms with Crippen LogP contribution in [0.1, 0.15) is 56.5 Å². The highest BCUT2D eigenvalue weighted by Crippen LogP contribution is 2.34. The van der Waals surface area contributed by atoms with Crippen molar-refractivity contribution in [1.29, 1.82) is 0 Å². The standard InChI is InChI=1S/C25H37N5O/c1-8-19-13-22-23(17(4)14-30(22)18(5)15-31)28-24(19)20-9-10-21(16(2)3)27-25(20)26-11-12-29(6)7/h9-10,13-14,16,18,31H,8,11-12,15H2,1-7H3,(H,26,27)/t18-/m0/s1. The first-order chi connectivity index (χ1) is 14.8. The zero-order chi connectivity index (χ0) is 22.7. The van der Waals surface area contributed by atoms with E-state index in [1.807, 2.05) is 6.92 Å². The van der Waals surface area contributed by atoms with Crippen LogP contribution in [0.3, 0.4) is 0 Å². The Morgan fingerprint density at radius 2 is 1.90 bits per heavy atom. The normalized spacial score (nSPS) is 12.8. The topological polar surface area (TPSA) is 66.2 Å². The van der Waals surface area contributed by atoms with E-state index in [-0.39, 0.29) is 12.6 Å². The minimum atomic E-state index is 0.0174. The van der Waals surface area contributed by atoms with Gasteiger partial charge >= 0.3 is 0 Å². The molecule has 0 aromatic carbocycles. The van der Waals surface area contributed by atoms with E-state index in [9.17, 15) is 5.11 Å². The third kappa shape index (κ3) is 4.91. The first kappa shape index (κ1) is 23.2. The average molecular weight is 424 g/mol. The Bertz CT molecular complexity index is 1040. The Morgan fingerprint density at radius 1 is 1.16 bits per heavy atom. The fourth-order valence-electron chi connectivity index (χ4n) is 3.84. The van der Waals surface area contributed by atoms with Gasteiger partial charge in [0, 0.05) is 30.5 Å². The van der Waals surface area contributed by atoms with Crippen LogP contribution in [-0.2, 0) is 6.42 Å². The Morgan fingerprint density at radius 3 is 2.52 bits per heavy atom. The smallest absolute Gasteiger partial charge is 0.135 e. The number of likely N-dealkylation sites (N-methyl/N-ethyl adjacent to an activating group) is 1. The van der Waals surface area contributed by atoms with Crippen molar-refractivity contribution < 1.29 is 5.11 Å². The first-order valence-electron chi connectivity index (χ1n) is 11.3. The lowest BCUT2D eigenvalue weighted by molar-refractivity contribution is 0.241. The van der Waals surface area contributed by atoms with Gasteiger partial charge in [0.05, 0.1) is 29.4 Å². The molecule has 0 unspecified atom stereocenters.